The molecule has 178 valence electrons. The molecule has 0 saturated carbocycles. The summed E-state index contributed by atoms with van der Waals surface area (Å²) in [5, 5.41) is 0.305. The van der Waals surface area contributed by atoms with E-state index in [2.05, 4.69) is 9.98 Å². The summed E-state index contributed by atoms with van der Waals surface area (Å²) in [6.07, 6.45) is 7.07. The maximum Gasteiger partial charge on any atom is 0.275 e. The minimum atomic E-state index is -1.60. The first kappa shape index (κ1) is 22.9. The number of halogens is 4. The van der Waals surface area contributed by atoms with Crippen LogP contribution in [0.15, 0.2) is 70.7 Å². The average molecular weight is 499 g/mol. The Labute approximate surface area is 203 Å². The van der Waals surface area contributed by atoms with Gasteiger partial charge in [-0.15, -0.1) is 0 Å². The highest BCUT2D eigenvalue weighted by atomic mass is 35.5. The summed E-state index contributed by atoms with van der Waals surface area (Å²) in [5.74, 6) is -4.08. The molecule has 0 N–H and O–H groups in total. The molecule has 1 unspecified atom stereocenters. The topological polar surface area (TPSA) is 59.7 Å². The van der Waals surface area contributed by atoms with E-state index >= 15 is 0 Å². The predicted octanol–water partition coefficient (Wildman–Crippen LogP) is 5.15. The van der Waals surface area contributed by atoms with Crippen LogP contribution in [0.5, 0.6) is 5.75 Å². The van der Waals surface area contributed by atoms with Gasteiger partial charge in [0.1, 0.15) is 17.6 Å². The lowest BCUT2D eigenvalue weighted by Crippen LogP contribution is -2.31. The lowest BCUT2D eigenvalue weighted by atomic mass is 9.99. The predicted molar refractivity (Wildman–Crippen MR) is 124 cm³/mol. The fraction of sp³-hybridized carbons (Fsp3) is 0.160. The minimum absolute atomic E-state index is 0.0613. The molecule has 2 aliphatic rings. The molecular weight excluding hydrogens is 481 g/mol. The largest absolute Gasteiger partial charge is 0.495 e. The number of carbonyl (C=O) groups is 1. The van der Waals surface area contributed by atoms with E-state index in [-0.39, 0.29) is 5.56 Å². The third kappa shape index (κ3) is 4.12. The number of rotatable bonds is 5. The van der Waals surface area contributed by atoms with Crippen LogP contribution < -0.4 is 4.74 Å². The second-order valence-corrected chi connectivity index (χ2v) is 8.61. The van der Waals surface area contributed by atoms with Gasteiger partial charge in [-0.05, 0) is 48.4 Å². The second kappa shape index (κ2) is 8.74. The van der Waals surface area contributed by atoms with Crippen LogP contribution in [0.3, 0.4) is 0 Å². The molecule has 2 aliphatic heterocycles. The van der Waals surface area contributed by atoms with Crippen LogP contribution in [0.1, 0.15) is 22.9 Å². The number of fused-ring (bicyclic) bond motifs is 1. The summed E-state index contributed by atoms with van der Waals surface area (Å²) in [5.41, 5.74) is 3.10. The number of aryl methyl sites for hydroxylation is 1. The van der Waals surface area contributed by atoms with E-state index in [1.807, 2.05) is 35.9 Å². The van der Waals surface area contributed by atoms with Crippen molar-refractivity contribution >= 4 is 23.3 Å². The van der Waals surface area contributed by atoms with Crippen molar-refractivity contribution < 1.29 is 22.7 Å². The van der Waals surface area contributed by atoms with Crippen molar-refractivity contribution in [1.29, 1.82) is 0 Å². The summed E-state index contributed by atoms with van der Waals surface area (Å²) < 4.78 is 48.6. The molecule has 0 bridgehead atoms. The van der Waals surface area contributed by atoms with Crippen LogP contribution >= 0.6 is 11.6 Å². The van der Waals surface area contributed by atoms with E-state index in [0.29, 0.717) is 28.6 Å². The zero-order valence-corrected chi connectivity index (χ0v) is 19.4. The second-order valence-electron chi connectivity index (χ2n) is 8.17. The summed E-state index contributed by atoms with van der Waals surface area (Å²) in [7, 11) is 1.57. The van der Waals surface area contributed by atoms with Gasteiger partial charge in [-0.25, -0.2) is 18.2 Å². The number of amides is 1. The number of hydrogen-bond donors (Lipinski definition) is 0. The fourth-order valence-corrected chi connectivity index (χ4v) is 4.46. The lowest BCUT2D eigenvalue weighted by molar-refractivity contribution is -0.120. The first-order valence-corrected chi connectivity index (χ1v) is 10.9. The number of imidazole rings is 1. The molecule has 0 radical (unpaired) electrons. The van der Waals surface area contributed by atoms with Crippen LogP contribution in [0.2, 0.25) is 0 Å². The van der Waals surface area contributed by atoms with Gasteiger partial charge in [-0.2, -0.15) is 4.99 Å². The minimum Gasteiger partial charge on any atom is -0.495 e. The third-order valence-corrected chi connectivity index (χ3v) is 5.99. The summed E-state index contributed by atoms with van der Waals surface area (Å²) in [6, 6.07) is 6.09. The van der Waals surface area contributed by atoms with Crippen LogP contribution in [0, 0.1) is 24.4 Å². The van der Waals surface area contributed by atoms with E-state index in [4.69, 9.17) is 16.3 Å². The number of nitrogens with zero attached hydrogens (tertiary/aromatic N) is 4. The molecule has 3 heterocycles. The molecule has 1 aromatic heterocycles. The molecule has 0 saturated heterocycles. The number of amidine groups is 1. The Bertz CT molecular complexity index is 1440. The monoisotopic (exact) mass is 498 g/mol. The normalized spacial score (nSPS) is 17.2. The number of carbonyl (C=O) groups excluding carboxylic acids is 1. The Kier molecular flexibility index (Phi) is 5.72. The van der Waals surface area contributed by atoms with E-state index in [1.165, 1.54) is 11.1 Å². The standard InChI is InChI=1S/C25H18ClF3N4O2/c1-13-10-32(12-30-13)20-4-3-14(6-21(20)35-2)5-16-7-17(26)11-33-23(25(34)31-24(16)33)15-8-18(27)22(29)19(28)9-15/h3-4,6-12,23H,5H2,1-2H3. The Balaban J connectivity index is 1.46. The Morgan fingerprint density at radius 2 is 1.89 bits per heavy atom. The first-order chi connectivity index (χ1) is 16.7. The van der Waals surface area contributed by atoms with E-state index in [9.17, 15) is 18.0 Å². The van der Waals surface area contributed by atoms with Gasteiger partial charge in [0, 0.05) is 24.4 Å². The third-order valence-electron chi connectivity index (χ3n) is 5.78. The molecule has 6 nitrogen and oxygen atoms in total. The molecule has 3 aromatic rings. The highest BCUT2D eigenvalue weighted by Crippen LogP contribution is 2.37. The number of ether oxygens (including phenoxy) is 1. The van der Waals surface area contributed by atoms with E-state index < -0.39 is 29.4 Å². The Morgan fingerprint density at radius 1 is 1.14 bits per heavy atom. The number of aliphatic imine (C=N–C) groups is 1. The molecule has 10 heteroatoms. The van der Waals surface area contributed by atoms with Crippen molar-refractivity contribution in [3.63, 3.8) is 0 Å². The maximum absolute atomic E-state index is 13.9. The molecule has 35 heavy (non-hydrogen) atoms. The van der Waals surface area contributed by atoms with Crippen molar-refractivity contribution in [3.05, 3.63) is 100 Å². The smallest absolute Gasteiger partial charge is 0.275 e. The van der Waals surface area contributed by atoms with Gasteiger partial charge in [0.2, 0.25) is 0 Å². The van der Waals surface area contributed by atoms with E-state index in [1.54, 1.807) is 19.5 Å². The quantitative estimate of drug-likeness (QED) is 0.456. The van der Waals surface area contributed by atoms with Crippen LogP contribution in [0.25, 0.3) is 5.69 Å². The van der Waals surface area contributed by atoms with Gasteiger partial charge >= 0.3 is 0 Å². The van der Waals surface area contributed by atoms with E-state index in [0.717, 1.165) is 29.1 Å². The lowest BCUT2D eigenvalue weighted by Gasteiger charge is -2.27. The van der Waals surface area contributed by atoms with Crippen molar-refractivity contribution in [3.8, 4) is 11.4 Å². The van der Waals surface area contributed by atoms with Gasteiger partial charge in [0.25, 0.3) is 5.91 Å². The number of hydrogen-bond acceptors (Lipinski definition) is 4. The van der Waals surface area contributed by atoms with Gasteiger partial charge in [0.05, 0.1) is 29.9 Å². The van der Waals surface area contributed by atoms with Crippen molar-refractivity contribution in [2.45, 2.75) is 19.4 Å². The number of methoxy groups -OCH3 is 1. The zero-order valence-electron chi connectivity index (χ0n) is 18.6. The first-order valence-electron chi connectivity index (χ1n) is 10.6. The molecular formula is C25H18ClF3N4O2. The molecule has 2 aromatic carbocycles. The molecule has 0 fully saturated rings. The molecule has 0 aliphatic carbocycles. The van der Waals surface area contributed by atoms with Gasteiger partial charge < -0.3 is 14.2 Å². The summed E-state index contributed by atoms with van der Waals surface area (Å²) in [4.78, 5) is 22.6. The SMILES string of the molecule is COc1cc(CC2=CC(Cl)=CN3C2=NC(=O)C3c2cc(F)c(F)c(F)c2)ccc1-n1cnc(C)c1. The summed E-state index contributed by atoms with van der Waals surface area (Å²) >= 11 is 6.33. The van der Waals surface area contributed by atoms with Gasteiger partial charge in [-0.3, -0.25) is 4.79 Å². The van der Waals surface area contributed by atoms with Crippen LogP contribution in [-0.2, 0) is 11.2 Å². The average Bonchev–Trinajstić information content (AvgIpc) is 3.39. The highest BCUT2D eigenvalue weighted by Gasteiger charge is 2.39. The number of allylic oxidation sites excluding steroid dienone is 2. The number of benzene rings is 2. The van der Waals surface area contributed by atoms with Gasteiger partial charge in [0.15, 0.2) is 17.5 Å². The van der Waals surface area contributed by atoms with Crippen LogP contribution in [-0.4, -0.2) is 33.3 Å². The van der Waals surface area contributed by atoms with Crippen molar-refractivity contribution in [2.75, 3.05) is 7.11 Å². The Hall–Kier alpha value is -3.85. The highest BCUT2D eigenvalue weighted by molar-refractivity contribution is 6.32. The maximum atomic E-state index is 13.9. The van der Waals surface area contributed by atoms with Crippen LogP contribution in [0.4, 0.5) is 13.2 Å². The zero-order chi connectivity index (χ0) is 24.9. The van der Waals surface area contributed by atoms with Gasteiger partial charge in [-0.1, -0.05) is 17.7 Å². The molecule has 1 atom stereocenters. The molecule has 5 rings (SSSR count). The Morgan fingerprint density at radius 3 is 2.54 bits per heavy atom. The van der Waals surface area contributed by atoms with Crippen molar-refractivity contribution in [1.82, 2.24) is 14.5 Å². The number of aromatic nitrogens is 2. The summed E-state index contributed by atoms with van der Waals surface area (Å²) in [6.45, 7) is 1.89. The van der Waals surface area contributed by atoms with Crippen molar-refractivity contribution in [2.24, 2.45) is 4.99 Å². The fourth-order valence-electron chi connectivity index (χ4n) is 4.22. The molecule has 1 amide bonds. The molecule has 0 spiro atoms.